The van der Waals surface area contributed by atoms with Crippen LogP contribution >= 0.6 is 11.6 Å². The highest BCUT2D eigenvalue weighted by atomic mass is 35.5. The smallest absolute Gasteiger partial charge is 0.321 e. The Kier molecular flexibility index (Phi) is 6.54. The second-order valence-electron chi connectivity index (χ2n) is 9.87. The minimum atomic E-state index is -0.831. The first kappa shape index (κ1) is 23.2. The van der Waals surface area contributed by atoms with Gasteiger partial charge in [-0.3, -0.25) is 14.5 Å². The molecule has 3 heterocycles. The van der Waals surface area contributed by atoms with Crippen molar-refractivity contribution in [3.63, 3.8) is 0 Å². The maximum Gasteiger partial charge on any atom is 0.321 e. The zero-order valence-electron chi connectivity index (χ0n) is 18.8. The molecule has 6 atom stereocenters. The number of likely N-dealkylation sites (tertiary alicyclic amines) is 1. The zero-order chi connectivity index (χ0) is 23.8. The third-order valence-corrected chi connectivity index (χ3v) is 7.98. The summed E-state index contributed by atoms with van der Waals surface area (Å²) in [5.74, 6) is 0.122. The van der Waals surface area contributed by atoms with Crippen molar-refractivity contribution < 1.29 is 19.8 Å². The van der Waals surface area contributed by atoms with Crippen LogP contribution in [-0.4, -0.2) is 79.0 Å². The lowest BCUT2D eigenvalue weighted by atomic mass is 9.69. The van der Waals surface area contributed by atoms with E-state index in [1.54, 1.807) is 16.9 Å². The number of carbonyl (C=O) groups is 2. The van der Waals surface area contributed by atoms with Gasteiger partial charge in [0.1, 0.15) is 12.1 Å². The highest BCUT2D eigenvalue weighted by Gasteiger charge is 2.42. The molecule has 182 valence electrons. The molecule has 2 aromatic rings. The number of nitrogens with zero attached hydrogens (tertiary/aromatic N) is 5. The van der Waals surface area contributed by atoms with E-state index in [0.717, 1.165) is 31.4 Å². The van der Waals surface area contributed by atoms with Crippen LogP contribution in [0.25, 0.3) is 11.4 Å². The molecular weight excluding hydrogens is 460 g/mol. The van der Waals surface area contributed by atoms with E-state index in [4.69, 9.17) is 11.6 Å². The molecule has 2 saturated heterocycles. The summed E-state index contributed by atoms with van der Waals surface area (Å²) in [7, 11) is 0. The van der Waals surface area contributed by atoms with Crippen molar-refractivity contribution in [3.05, 3.63) is 29.3 Å². The predicted molar refractivity (Wildman–Crippen MR) is 123 cm³/mol. The third kappa shape index (κ3) is 4.80. The average molecular weight is 489 g/mol. The number of nitrogens with one attached hydrogen (secondary N) is 1. The van der Waals surface area contributed by atoms with Gasteiger partial charge in [0.15, 0.2) is 0 Å². The van der Waals surface area contributed by atoms with Gasteiger partial charge < -0.3 is 15.5 Å². The third-order valence-electron chi connectivity index (χ3n) is 7.73. The van der Waals surface area contributed by atoms with E-state index in [1.165, 1.54) is 0 Å². The Balaban J connectivity index is 1.24. The van der Waals surface area contributed by atoms with Crippen molar-refractivity contribution in [2.75, 3.05) is 19.6 Å². The number of benzene rings is 1. The molecule has 1 aliphatic carbocycles. The molecule has 0 radical (unpaired) electrons. The lowest BCUT2D eigenvalue weighted by Crippen LogP contribution is -2.50. The summed E-state index contributed by atoms with van der Waals surface area (Å²) < 4.78 is 0. The van der Waals surface area contributed by atoms with Gasteiger partial charge in [0, 0.05) is 23.7 Å². The topological polar surface area (TPSA) is 133 Å². The number of hydrogen-bond donors (Lipinski definition) is 3. The number of tetrazole rings is 1. The summed E-state index contributed by atoms with van der Waals surface area (Å²) in [6.07, 6.45) is 4.12. The molecule has 3 unspecified atom stereocenters. The van der Waals surface area contributed by atoms with Crippen molar-refractivity contribution >= 4 is 23.5 Å². The van der Waals surface area contributed by atoms with E-state index in [-0.39, 0.29) is 6.04 Å². The SMILES string of the molecule is O=C(O)C1CC2CC(CN3C[C@@H](n4nnc(-c5ccc(Cl)cc5)n4)C[C@H]3C(=O)O)CC[C@H]2CN1. The van der Waals surface area contributed by atoms with Crippen LogP contribution in [0.3, 0.4) is 0 Å². The van der Waals surface area contributed by atoms with Crippen LogP contribution in [-0.2, 0) is 9.59 Å². The first-order chi connectivity index (χ1) is 16.4. The minimum absolute atomic E-state index is 0.165. The van der Waals surface area contributed by atoms with Crippen LogP contribution in [0.1, 0.15) is 38.1 Å². The van der Waals surface area contributed by atoms with Gasteiger partial charge in [0.05, 0.1) is 6.04 Å². The number of fused-ring (bicyclic) bond motifs is 1. The van der Waals surface area contributed by atoms with E-state index in [2.05, 4.69) is 20.7 Å². The lowest BCUT2D eigenvalue weighted by Gasteiger charge is -2.42. The molecular formula is C23H29ClN6O4. The lowest BCUT2D eigenvalue weighted by molar-refractivity contribution is -0.143. The van der Waals surface area contributed by atoms with Crippen molar-refractivity contribution in [2.24, 2.45) is 17.8 Å². The molecule has 0 spiro atoms. The normalized spacial score (nSPS) is 31.8. The Hall–Kier alpha value is -2.56. The molecule has 2 aliphatic heterocycles. The van der Waals surface area contributed by atoms with Crippen molar-refractivity contribution in [1.29, 1.82) is 0 Å². The zero-order valence-corrected chi connectivity index (χ0v) is 19.5. The summed E-state index contributed by atoms with van der Waals surface area (Å²) in [5, 5.41) is 35.9. The first-order valence-corrected chi connectivity index (χ1v) is 12.2. The number of carboxylic acid groups (broad SMARTS) is 2. The summed E-state index contributed by atoms with van der Waals surface area (Å²) in [4.78, 5) is 27.0. The molecule has 11 heteroatoms. The standard InChI is InChI=1S/C23H29ClN6O4/c24-17-5-3-14(4-6-17)21-26-28-30(27-21)18-9-20(23(33)34)29(12-18)11-13-1-2-15-10-25-19(22(31)32)8-16(15)7-13/h3-6,13,15-16,18-20,25H,1-2,7-12H2,(H,31,32)(H,33,34)/t13?,15-,16?,18-,19?,20-/m0/s1. The van der Waals surface area contributed by atoms with Gasteiger partial charge in [-0.05, 0) is 85.9 Å². The highest BCUT2D eigenvalue weighted by molar-refractivity contribution is 6.30. The van der Waals surface area contributed by atoms with Crippen LogP contribution in [0.2, 0.25) is 5.02 Å². The molecule has 0 amide bonds. The van der Waals surface area contributed by atoms with Gasteiger partial charge in [0.25, 0.3) is 0 Å². The Morgan fingerprint density at radius 2 is 1.85 bits per heavy atom. The monoisotopic (exact) mass is 488 g/mol. The summed E-state index contributed by atoms with van der Waals surface area (Å²) >= 11 is 5.96. The van der Waals surface area contributed by atoms with Crippen LogP contribution in [0, 0.1) is 17.8 Å². The van der Waals surface area contributed by atoms with Crippen molar-refractivity contribution in [1.82, 2.24) is 30.4 Å². The van der Waals surface area contributed by atoms with Gasteiger partial charge in [-0.25, -0.2) is 0 Å². The number of aliphatic carboxylic acids is 2. The van der Waals surface area contributed by atoms with Crippen LogP contribution in [0.15, 0.2) is 24.3 Å². The maximum atomic E-state index is 12.0. The highest BCUT2D eigenvalue weighted by Crippen LogP contribution is 2.40. The fraction of sp³-hybridized carbons (Fsp3) is 0.609. The summed E-state index contributed by atoms with van der Waals surface area (Å²) in [6.45, 7) is 2.00. The van der Waals surface area contributed by atoms with E-state index < -0.39 is 24.0 Å². The van der Waals surface area contributed by atoms with Crippen LogP contribution in [0.4, 0.5) is 0 Å². The second kappa shape index (κ2) is 9.59. The predicted octanol–water partition coefficient (Wildman–Crippen LogP) is 2.17. The molecule has 1 saturated carbocycles. The van der Waals surface area contributed by atoms with Crippen molar-refractivity contribution in [3.8, 4) is 11.4 Å². The summed E-state index contributed by atoms with van der Waals surface area (Å²) in [5.41, 5.74) is 0.804. The van der Waals surface area contributed by atoms with Gasteiger partial charge >= 0.3 is 11.9 Å². The fourth-order valence-corrected chi connectivity index (χ4v) is 6.07. The van der Waals surface area contributed by atoms with Crippen LogP contribution < -0.4 is 5.32 Å². The van der Waals surface area contributed by atoms with Crippen LogP contribution in [0.5, 0.6) is 0 Å². The van der Waals surface area contributed by atoms with E-state index >= 15 is 0 Å². The Labute approximate surface area is 202 Å². The quantitative estimate of drug-likeness (QED) is 0.559. The molecule has 3 fully saturated rings. The average Bonchev–Trinajstić information content (AvgIpc) is 3.47. The number of rotatable bonds is 6. The molecule has 3 N–H and O–H groups in total. The van der Waals surface area contributed by atoms with Gasteiger partial charge in [-0.2, -0.15) is 4.80 Å². The number of aromatic nitrogens is 4. The fourth-order valence-electron chi connectivity index (χ4n) is 5.95. The molecule has 1 aromatic carbocycles. The molecule has 10 nitrogen and oxygen atoms in total. The Morgan fingerprint density at radius 3 is 2.59 bits per heavy atom. The first-order valence-electron chi connectivity index (χ1n) is 11.9. The molecule has 5 rings (SSSR count). The Morgan fingerprint density at radius 1 is 1.06 bits per heavy atom. The second-order valence-corrected chi connectivity index (χ2v) is 10.3. The summed E-state index contributed by atoms with van der Waals surface area (Å²) in [6, 6.07) is 5.97. The molecule has 3 aliphatic rings. The molecule has 1 aromatic heterocycles. The number of piperidine rings is 1. The largest absolute Gasteiger partial charge is 0.480 e. The molecule has 34 heavy (non-hydrogen) atoms. The molecule has 0 bridgehead atoms. The Bertz CT molecular complexity index is 1050. The number of hydrogen-bond acceptors (Lipinski definition) is 7. The number of carboxylic acids is 2. The van der Waals surface area contributed by atoms with Crippen molar-refractivity contribution in [2.45, 2.75) is 50.2 Å². The van der Waals surface area contributed by atoms with Gasteiger partial charge in [-0.1, -0.05) is 11.6 Å². The van der Waals surface area contributed by atoms with Gasteiger partial charge in [0.2, 0.25) is 5.82 Å². The van der Waals surface area contributed by atoms with E-state index in [9.17, 15) is 19.8 Å². The van der Waals surface area contributed by atoms with E-state index in [0.29, 0.717) is 54.5 Å². The minimum Gasteiger partial charge on any atom is -0.480 e. The number of halogens is 1. The van der Waals surface area contributed by atoms with Gasteiger partial charge in [-0.15, -0.1) is 10.2 Å². The van der Waals surface area contributed by atoms with E-state index in [1.807, 2.05) is 17.0 Å². The maximum absolute atomic E-state index is 12.0.